The largest absolute Gasteiger partial charge is 0.491 e. The Morgan fingerprint density at radius 2 is 1.94 bits per heavy atom. The van der Waals surface area contributed by atoms with E-state index in [0.29, 0.717) is 25.5 Å². The van der Waals surface area contributed by atoms with Crippen molar-refractivity contribution in [3.05, 3.63) is 71.8 Å². The Hall–Kier alpha value is -3.24. The Morgan fingerprint density at radius 1 is 1.17 bits per heavy atom. The van der Waals surface area contributed by atoms with Crippen LogP contribution < -0.4 is 10.5 Å². The molecule has 0 radical (unpaired) electrons. The third-order valence-corrected chi connectivity index (χ3v) is 5.55. The third kappa shape index (κ3) is 6.46. The molecule has 1 fully saturated rings. The van der Waals surface area contributed by atoms with E-state index in [2.05, 4.69) is 4.98 Å². The van der Waals surface area contributed by atoms with Crippen molar-refractivity contribution < 1.29 is 27.1 Å². The van der Waals surface area contributed by atoms with Crippen LogP contribution in [-0.4, -0.2) is 35.6 Å². The molecule has 3 N–H and O–H groups in total. The minimum absolute atomic E-state index is 0. The molecule has 0 saturated carbocycles. The maximum absolute atomic E-state index is 13.7. The number of halogens is 4. The standard InChI is InChI=1S/C24H25F3N4O3.ClH/c25-24(26,27)18-13-17(19-15-34-22(30-19)20-7-4-10-31(20)23(28)29)8-9-21(18)33-12-11-32-14-16-5-2-1-3-6-16;/h1-3,5-6,8-9,13,15,20H,4,7,10-12,14H2,(H3,28,29);1H/t20-;/m0./s1. The fraction of sp³-hybridized carbons (Fsp3) is 0.333. The first-order valence-corrected chi connectivity index (χ1v) is 10.8. The van der Waals surface area contributed by atoms with E-state index in [1.165, 1.54) is 18.4 Å². The number of hydrogen-bond acceptors (Lipinski definition) is 5. The lowest BCUT2D eigenvalue weighted by molar-refractivity contribution is -0.139. The van der Waals surface area contributed by atoms with Crippen molar-refractivity contribution in [2.24, 2.45) is 5.73 Å². The molecule has 7 nitrogen and oxygen atoms in total. The van der Waals surface area contributed by atoms with Crippen LogP contribution in [0.15, 0.2) is 59.2 Å². The van der Waals surface area contributed by atoms with Gasteiger partial charge in [-0.2, -0.15) is 13.2 Å². The first-order valence-electron chi connectivity index (χ1n) is 10.8. The molecule has 4 rings (SSSR count). The Labute approximate surface area is 207 Å². The molecular formula is C24H26ClF3N4O3. The molecule has 3 aromatic rings. The number of hydrogen-bond donors (Lipinski definition) is 2. The second-order valence-corrected chi connectivity index (χ2v) is 7.90. The van der Waals surface area contributed by atoms with E-state index >= 15 is 0 Å². The van der Waals surface area contributed by atoms with Gasteiger partial charge in [0.05, 0.1) is 18.8 Å². The minimum Gasteiger partial charge on any atom is -0.491 e. The van der Waals surface area contributed by atoms with Gasteiger partial charge in [0, 0.05) is 12.1 Å². The van der Waals surface area contributed by atoms with Crippen molar-refractivity contribution in [2.45, 2.75) is 31.7 Å². The SMILES string of the molecule is Cl.N=C(N)N1CCC[C@H]1c1nc(-c2ccc(OCCOCc3ccccc3)c(C(F)(F)F)c2)co1. The number of guanidine groups is 1. The smallest absolute Gasteiger partial charge is 0.419 e. The van der Waals surface area contributed by atoms with Gasteiger partial charge in [0.15, 0.2) is 5.96 Å². The van der Waals surface area contributed by atoms with E-state index in [9.17, 15) is 13.2 Å². The molecule has 2 heterocycles. The highest BCUT2D eigenvalue weighted by Crippen LogP contribution is 2.39. The first-order chi connectivity index (χ1) is 16.3. The Kier molecular flexibility index (Phi) is 8.63. The normalized spacial score (nSPS) is 15.6. The van der Waals surface area contributed by atoms with Crippen LogP contribution >= 0.6 is 12.4 Å². The van der Waals surface area contributed by atoms with Gasteiger partial charge in [-0.1, -0.05) is 30.3 Å². The molecule has 1 aliphatic heterocycles. The van der Waals surface area contributed by atoms with E-state index in [4.69, 9.17) is 25.0 Å². The van der Waals surface area contributed by atoms with Gasteiger partial charge in [-0.15, -0.1) is 12.4 Å². The van der Waals surface area contributed by atoms with E-state index in [1.807, 2.05) is 30.3 Å². The lowest BCUT2D eigenvalue weighted by Crippen LogP contribution is -2.35. The predicted octanol–water partition coefficient (Wildman–Crippen LogP) is 5.41. The van der Waals surface area contributed by atoms with Gasteiger partial charge >= 0.3 is 6.18 Å². The highest BCUT2D eigenvalue weighted by molar-refractivity contribution is 5.85. The van der Waals surface area contributed by atoms with Crippen LogP contribution in [0.2, 0.25) is 0 Å². The molecule has 188 valence electrons. The lowest BCUT2D eigenvalue weighted by atomic mass is 10.1. The van der Waals surface area contributed by atoms with E-state index in [-0.39, 0.29) is 54.6 Å². The average Bonchev–Trinajstić information content (AvgIpc) is 3.49. The van der Waals surface area contributed by atoms with Crippen molar-refractivity contribution in [3.63, 3.8) is 0 Å². The van der Waals surface area contributed by atoms with Crippen LogP contribution in [0.4, 0.5) is 13.2 Å². The molecule has 1 aliphatic rings. The molecule has 1 aromatic heterocycles. The van der Waals surface area contributed by atoms with Crippen molar-refractivity contribution in [2.75, 3.05) is 19.8 Å². The Balaban J connectivity index is 0.00000342. The molecule has 0 aliphatic carbocycles. The molecule has 1 atom stereocenters. The summed E-state index contributed by atoms with van der Waals surface area (Å²) in [6.07, 6.45) is -1.77. The van der Waals surface area contributed by atoms with Crippen LogP contribution in [0, 0.1) is 5.41 Å². The number of nitrogens with two attached hydrogens (primary N) is 1. The van der Waals surface area contributed by atoms with Crippen LogP contribution in [0.25, 0.3) is 11.3 Å². The number of benzene rings is 2. The molecule has 35 heavy (non-hydrogen) atoms. The number of nitrogens with one attached hydrogen (secondary N) is 1. The average molecular weight is 511 g/mol. The van der Waals surface area contributed by atoms with Crippen LogP contribution in [0.3, 0.4) is 0 Å². The van der Waals surface area contributed by atoms with Crippen LogP contribution in [-0.2, 0) is 17.5 Å². The monoisotopic (exact) mass is 510 g/mol. The second-order valence-electron chi connectivity index (χ2n) is 7.90. The molecule has 0 unspecified atom stereocenters. The molecule has 0 bridgehead atoms. The Bertz CT molecular complexity index is 1120. The summed E-state index contributed by atoms with van der Waals surface area (Å²) in [6, 6.07) is 13.0. The minimum atomic E-state index is -4.61. The Morgan fingerprint density at radius 3 is 2.66 bits per heavy atom. The zero-order chi connectivity index (χ0) is 24.1. The number of rotatable bonds is 8. The van der Waals surface area contributed by atoms with Gasteiger partial charge in [-0.3, -0.25) is 5.41 Å². The molecular weight excluding hydrogens is 485 g/mol. The van der Waals surface area contributed by atoms with Crippen molar-refractivity contribution in [1.29, 1.82) is 5.41 Å². The summed E-state index contributed by atoms with van der Waals surface area (Å²) in [5.41, 5.74) is 6.20. The van der Waals surface area contributed by atoms with Crippen molar-refractivity contribution in [1.82, 2.24) is 9.88 Å². The van der Waals surface area contributed by atoms with Gasteiger partial charge < -0.3 is 24.5 Å². The zero-order valence-electron chi connectivity index (χ0n) is 18.8. The summed E-state index contributed by atoms with van der Waals surface area (Å²) in [5, 5.41) is 7.67. The number of nitrogens with zero attached hydrogens (tertiary/aromatic N) is 2. The molecule has 0 spiro atoms. The van der Waals surface area contributed by atoms with E-state index in [1.54, 1.807) is 4.90 Å². The third-order valence-electron chi connectivity index (χ3n) is 5.55. The number of alkyl halides is 3. The summed E-state index contributed by atoms with van der Waals surface area (Å²) in [5.74, 6) is -0.0372. The molecule has 11 heteroatoms. The van der Waals surface area contributed by atoms with Crippen LogP contribution in [0.5, 0.6) is 5.75 Å². The van der Waals surface area contributed by atoms with E-state index in [0.717, 1.165) is 18.1 Å². The number of ether oxygens (including phenoxy) is 2. The maximum Gasteiger partial charge on any atom is 0.419 e. The highest BCUT2D eigenvalue weighted by Gasteiger charge is 2.35. The quantitative estimate of drug-likeness (QED) is 0.239. The van der Waals surface area contributed by atoms with Gasteiger partial charge in [0.2, 0.25) is 5.89 Å². The maximum atomic E-state index is 13.7. The fourth-order valence-corrected chi connectivity index (χ4v) is 3.90. The molecule has 2 aromatic carbocycles. The zero-order valence-corrected chi connectivity index (χ0v) is 19.6. The predicted molar refractivity (Wildman–Crippen MR) is 126 cm³/mol. The fourth-order valence-electron chi connectivity index (χ4n) is 3.90. The summed E-state index contributed by atoms with van der Waals surface area (Å²) >= 11 is 0. The van der Waals surface area contributed by atoms with Gasteiger partial charge in [-0.05, 0) is 36.6 Å². The summed E-state index contributed by atoms with van der Waals surface area (Å²) in [7, 11) is 0. The summed E-state index contributed by atoms with van der Waals surface area (Å²) in [4.78, 5) is 6.03. The summed E-state index contributed by atoms with van der Waals surface area (Å²) < 4.78 is 57.6. The van der Waals surface area contributed by atoms with Gasteiger partial charge in [0.25, 0.3) is 0 Å². The first kappa shape index (κ1) is 26.4. The van der Waals surface area contributed by atoms with Crippen LogP contribution in [0.1, 0.15) is 35.9 Å². The van der Waals surface area contributed by atoms with Crippen molar-refractivity contribution >= 4 is 18.4 Å². The topological polar surface area (TPSA) is 97.6 Å². The number of aromatic nitrogens is 1. The highest BCUT2D eigenvalue weighted by atomic mass is 35.5. The van der Waals surface area contributed by atoms with Gasteiger partial charge in [0.1, 0.15) is 30.4 Å². The number of oxazole rings is 1. The van der Waals surface area contributed by atoms with Gasteiger partial charge in [-0.25, -0.2) is 4.98 Å². The molecule has 1 saturated heterocycles. The van der Waals surface area contributed by atoms with Crippen molar-refractivity contribution in [3.8, 4) is 17.0 Å². The second kappa shape index (κ2) is 11.5. The number of likely N-dealkylation sites (tertiary alicyclic amines) is 1. The summed E-state index contributed by atoms with van der Waals surface area (Å²) in [6.45, 7) is 1.09. The van der Waals surface area contributed by atoms with E-state index < -0.39 is 11.7 Å². The lowest BCUT2D eigenvalue weighted by Gasteiger charge is -2.21. The molecule has 0 amide bonds.